The molecule has 1 aliphatic rings. The van der Waals surface area contributed by atoms with Gasteiger partial charge in [-0.15, -0.1) is 0 Å². The highest BCUT2D eigenvalue weighted by molar-refractivity contribution is 5.68. The standard InChI is InChI=1S/C18H30O11/c1-10(20)26-14-13(9-25-18(4,24-6)7-8-19)29-17(23-5)16(28-12(3)22)15(14)27-11(2)21/h13-17,19H,7-9H2,1-6H3/t13-,14-,15+,16-,17+,18+/m1/s1. The molecule has 0 aliphatic carbocycles. The Bertz CT molecular complexity index is 566. The smallest absolute Gasteiger partial charge is 0.303 e. The molecule has 1 N–H and O–H groups in total. The summed E-state index contributed by atoms with van der Waals surface area (Å²) in [6, 6.07) is 0. The third-order valence-electron chi connectivity index (χ3n) is 4.28. The molecule has 0 aromatic carbocycles. The Morgan fingerprint density at radius 1 is 0.931 bits per heavy atom. The van der Waals surface area contributed by atoms with Crippen molar-refractivity contribution in [2.24, 2.45) is 0 Å². The summed E-state index contributed by atoms with van der Waals surface area (Å²) in [6.45, 7) is 4.79. The van der Waals surface area contributed by atoms with Crippen LogP contribution in [0.5, 0.6) is 0 Å². The van der Waals surface area contributed by atoms with E-state index in [0.717, 1.165) is 0 Å². The van der Waals surface area contributed by atoms with Crippen molar-refractivity contribution in [3.63, 3.8) is 0 Å². The van der Waals surface area contributed by atoms with Gasteiger partial charge in [0.1, 0.15) is 6.10 Å². The van der Waals surface area contributed by atoms with E-state index in [1.165, 1.54) is 35.0 Å². The topological polar surface area (TPSA) is 136 Å². The fraction of sp³-hybridized carbons (Fsp3) is 0.833. The molecule has 0 spiro atoms. The number of aliphatic hydroxyl groups excluding tert-OH is 1. The van der Waals surface area contributed by atoms with Gasteiger partial charge in [-0.05, 0) is 6.92 Å². The van der Waals surface area contributed by atoms with Crippen LogP contribution in [0.1, 0.15) is 34.1 Å². The van der Waals surface area contributed by atoms with E-state index in [2.05, 4.69) is 0 Å². The first-order chi connectivity index (χ1) is 13.6. The summed E-state index contributed by atoms with van der Waals surface area (Å²) >= 11 is 0. The molecule has 0 amide bonds. The normalized spacial score (nSPS) is 28.9. The third-order valence-corrected chi connectivity index (χ3v) is 4.28. The first-order valence-corrected chi connectivity index (χ1v) is 9.06. The maximum Gasteiger partial charge on any atom is 0.303 e. The van der Waals surface area contributed by atoms with E-state index < -0.39 is 54.4 Å². The Morgan fingerprint density at radius 2 is 1.45 bits per heavy atom. The Morgan fingerprint density at radius 3 is 1.90 bits per heavy atom. The Kier molecular flexibility index (Phi) is 9.93. The van der Waals surface area contributed by atoms with Crippen molar-refractivity contribution in [2.75, 3.05) is 27.4 Å². The third kappa shape index (κ3) is 7.52. The van der Waals surface area contributed by atoms with Crippen LogP contribution in [0.25, 0.3) is 0 Å². The molecule has 0 saturated carbocycles. The SMILES string of the molecule is CO[C@H]1O[C@H](CO[C@@](C)(CCO)OC)[C@@H](OC(C)=O)[C@H](OC(C)=O)[C@H]1OC(C)=O. The molecule has 168 valence electrons. The molecule has 11 heteroatoms. The van der Waals surface area contributed by atoms with Gasteiger partial charge < -0.3 is 38.3 Å². The van der Waals surface area contributed by atoms with Gasteiger partial charge in [-0.3, -0.25) is 14.4 Å². The summed E-state index contributed by atoms with van der Waals surface area (Å²) in [5.74, 6) is -3.14. The first-order valence-electron chi connectivity index (χ1n) is 9.06. The molecular weight excluding hydrogens is 392 g/mol. The van der Waals surface area contributed by atoms with E-state index in [-0.39, 0.29) is 19.6 Å². The number of carbonyl (C=O) groups is 3. The number of carbonyl (C=O) groups excluding carboxylic acids is 3. The lowest BCUT2D eigenvalue weighted by atomic mass is 9.98. The average Bonchev–Trinajstić information content (AvgIpc) is 2.62. The number of esters is 3. The van der Waals surface area contributed by atoms with Gasteiger partial charge in [-0.25, -0.2) is 0 Å². The van der Waals surface area contributed by atoms with Gasteiger partial charge in [0.25, 0.3) is 0 Å². The highest BCUT2D eigenvalue weighted by Crippen LogP contribution is 2.30. The van der Waals surface area contributed by atoms with Crippen LogP contribution < -0.4 is 0 Å². The molecule has 0 aromatic heterocycles. The lowest BCUT2D eigenvalue weighted by Gasteiger charge is -2.44. The van der Waals surface area contributed by atoms with Gasteiger partial charge in [0.2, 0.25) is 0 Å². The minimum absolute atomic E-state index is 0.160. The number of rotatable bonds is 10. The van der Waals surface area contributed by atoms with E-state index in [4.69, 9.17) is 33.2 Å². The van der Waals surface area contributed by atoms with Crippen LogP contribution in [0.3, 0.4) is 0 Å². The Labute approximate surface area is 169 Å². The molecule has 0 aromatic rings. The number of methoxy groups -OCH3 is 2. The molecule has 11 nitrogen and oxygen atoms in total. The van der Waals surface area contributed by atoms with Crippen LogP contribution in [0.15, 0.2) is 0 Å². The lowest BCUT2D eigenvalue weighted by Crippen LogP contribution is -2.63. The van der Waals surface area contributed by atoms with Crippen LogP contribution in [0.2, 0.25) is 0 Å². The summed E-state index contributed by atoms with van der Waals surface area (Å²) < 4.78 is 37.9. The van der Waals surface area contributed by atoms with Crippen LogP contribution in [0, 0.1) is 0 Å². The quantitative estimate of drug-likeness (QED) is 0.287. The maximum atomic E-state index is 11.7. The second kappa shape index (κ2) is 11.4. The summed E-state index contributed by atoms with van der Waals surface area (Å²) in [4.78, 5) is 34.9. The van der Waals surface area contributed by atoms with Crippen LogP contribution in [0.4, 0.5) is 0 Å². The maximum absolute atomic E-state index is 11.7. The largest absolute Gasteiger partial charge is 0.456 e. The fourth-order valence-corrected chi connectivity index (χ4v) is 2.87. The van der Waals surface area contributed by atoms with Crippen molar-refractivity contribution >= 4 is 17.9 Å². The highest BCUT2D eigenvalue weighted by Gasteiger charge is 2.52. The van der Waals surface area contributed by atoms with Crippen molar-refractivity contribution in [1.29, 1.82) is 0 Å². The van der Waals surface area contributed by atoms with E-state index in [0.29, 0.717) is 0 Å². The van der Waals surface area contributed by atoms with Crippen molar-refractivity contribution < 1.29 is 52.6 Å². The molecule has 0 unspecified atom stereocenters. The Balaban J connectivity index is 3.19. The first kappa shape index (κ1) is 25.2. The molecule has 29 heavy (non-hydrogen) atoms. The summed E-state index contributed by atoms with van der Waals surface area (Å²) in [5.41, 5.74) is 0. The number of hydrogen-bond donors (Lipinski definition) is 1. The van der Waals surface area contributed by atoms with Gasteiger partial charge >= 0.3 is 17.9 Å². The van der Waals surface area contributed by atoms with Crippen molar-refractivity contribution in [1.82, 2.24) is 0 Å². The minimum atomic E-state index is -1.20. The van der Waals surface area contributed by atoms with Gasteiger partial charge in [0, 0.05) is 48.0 Å². The summed E-state index contributed by atoms with van der Waals surface area (Å²) in [6.07, 6.45) is -5.41. The molecule has 0 radical (unpaired) electrons. The zero-order valence-electron chi connectivity index (χ0n) is 17.5. The van der Waals surface area contributed by atoms with Crippen LogP contribution in [-0.2, 0) is 47.5 Å². The molecule has 1 rings (SSSR count). The molecular formula is C18H30O11. The van der Waals surface area contributed by atoms with Crippen LogP contribution in [-0.4, -0.2) is 86.9 Å². The molecule has 0 bridgehead atoms. The van der Waals surface area contributed by atoms with Gasteiger partial charge in [0.05, 0.1) is 6.61 Å². The molecule has 6 atom stereocenters. The number of ether oxygens (including phenoxy) is 7. The van der Waals surface area contributed by atoms with Crippen molar-refractivity contribution in [2.45, 2.75) is 70.6 Å². The lowest BCUT2D eigenvalue weighted by molar-refractivity contribution is -0.316. The summed E-state index contributed by atoms with van der Waals surface area (Å²) in [5, 5.41) is 9.19. The number of aliphatic hydroxyl groups is 1. The van der Waals surface area contributed by atoms with Crippen molar-refractivity contribution in [3.05, 3.63) is 0 Å². The van der Waals surface area contributed by atoms with Gasteiger partial charge in [-0.2, -0.15) is 0 Å². The minimum Gasteiger partial charge on any atom is -0.456 e. The van der Waals surface area contributed by atoms with E-state index in [1.807, 2.05) is 0 Å². The zero-order chi connectivity index (χ0) is 22.2. The molecule has 1 heterocycles. The predicted octanol–water partition coefficient (Wildman–Crippen LogP) is -0.0856. The highest BCUT2D eigenvalue weighted by atomic mass is 16.7. The second-order valence-electron chi connectivity index (χ2n) is 6.62. The predicted molar refractivity (Wildman–Crippen MR) is 95.4 cm³/mol. The monoisotopic (exact) mass is 422 g/mol. The van der Waals surface area contributed by atoms with Crippen molar-refractivity contribution in [3.8, 4) is 0 Å². The second-order valence-corrected chi connectivity index (χ2v) is 6.62. The molecule has 1 fully saturated rings. The summed E-state index contributed by atoms with van der Waals surface area (Å²) in [7, 11) is 2.73. The van der Waals surface area contributed by atoms with E-state index >= 15 is 0 Å². The van der Waals surface area contributed by atoms with E-state index in [9.17, 15) is 19.5 Å². The molecule has 1 saturated heterocycles. The average molecular weight is 422 g/mol. The Hall–Kier alpha value is -1.79. The van der Waals surface area contributed by atoms with Crippen LogP contribution >= 0.6 is 0 Å². The van der Waals surface area contributed by atoms with Gasteiger partial charge in [0.15, 0.2) is 30.4 Å². The molecule has 1 aliphatic heterocycles. The fourth-order valence-electron chi connectivity index (χ4n) is 2.87. The van der Waals surface area contributed by atoms with E-state index in [1.54, 1.807) is 6.92 Å². The number of hydrogen-bond acceptors (Lipinski definition) is 11. The van der Waals surface area contributed by atoms with Gasteiger partial charge in [-0.1, -0.05) is 0 Å². The zero-order valence-corrected chi connectivity index (χ0v) is 17.5.